The van der Waals surface area contributed by atoms with E-state index in [1.54, 1.807) is 29.6 Å². The Morgan fingerprint density at radius 2 is 1.88 bits per heavy atom. The molecule has 0 unspecified atom stereocenters. The standard InChI is InChI=1S/C19H21Cl2NOS2/c1-13-3-7-17(8-4-13)25-14(2)19(23)22-9-10-24-12-15-5-6-16(20)11-18(15)21/h3-8,11,14H,9-10,12H2,1-2H3,(H,22,23)/t14-/m1/s1. The second-order valence-corrected chi connectivity index (χ2v) is 9.02. The second-order valence-electron chi connectivity index (χ2n) is 5.65. The van der Waals surface area contributed by atoms with E-state index in [1.807, 2.05) is 19.1 Å². The van der Waals surface area contributed by atoms with Crippen molar-refractivity contribution in [2.24, 2.45) is 0 Å². The smallest absolute Gasteiger partial charge is 0.233 e. The van der Waals surface area contributed by atoms with Crippen molar-refractivity contribution in [3.63, 3.8) is 0 Å². The lowest BCUT2D eigenvalue weighted by Gasteiger charge is -2.12. The Balaban J connectivity index is 1.66. The fourth-order valence-electron chi connectivity index (χ4n) is 2.09. The molecule has 2 nitrogen and oxygen atoms in total. The summed E-state index contributed by atoms with van der Waals surface area (Å²) in [5.74, 6) is 1.71. The third kappa shape index (κ3) is 7.14. The van der Waals surface area contributed by atoms with Crippen LogP contribution >= 0.6 is 46.7 Å². The number of nitrogens with one attached hydrogen (secondary N) is 1. The van der Waals surface area contributed by atoms with Gasteiger partial charge in [-0.15, -0.1) is 11.8 Å². The molecule has 0 radical (unpaired) electrons. The molecule has 0 saturated carbocycles. The molecular formula is C19H21Cl2NOS2. The molecule has 25 heavy (non-hydrogen) atoms. The van der Waals surface area contributed by atoms with Gasteiger partial charge >= 0.3 is 0 Å². The molecular weight excluding hydrogens is 393 g/mol. The summed E-state index contributed by atoms with van der Waals surface area (Å²) < 4.78 is 0. The Kier molecular flexibility index (Phi) is 8.50. The monoisotopic (exact) mass is 413 g/mol. The highest BCUT2D eigenvalue weighted by molar-refractivity contribution is 8.00. The number of thioether (sulfide) groups is 2. The molecule has 0 aromatic heterocycles. The van der Waals surface area contributed by atoms with Crippen LogP contribution in [-0.2, 0) is 10.5 Å². The largest absolute Gasteiger partial charge is 0.354 e. The van der Waals surface area contributed by atoms with E-state index in [4.69, 9.17) is 23.2 Å². The highest BCUT2D eigenvalue weighted by Gasteiger charge is 2.13. The SMILES string of the molecule is Cc1ccc(S[C@H](C)C(=O)NCCSCc2ccc(Cl)cc2Cl)cc1. The van der Waals surface area contributed by atoms with Crippen molar-refractivity contribution in [1.82, 2.24) is 5.32 Å². The average Bonchev–Trinajstić information content (AvgIpc) is 2.58. The number of hydrogen-bond acceptors (Lipinski definition) is 3. The highest BCUT2D eigenvalue weighted by Crippen LogP contribution is 2.25. The van der Waals surface area contributed by atoms with Gasteiger partial charge in [0.15, 0.2) is 0 Å². The lowest BCUT2D eigenvalue weighted by molar-refractivity contribution is -0.120. The van der Waals surface area contributed by atoms with Crippen molar-refractivity contribution in [3.8, 4) is 0 Å². The number of carbonyl (C=O) groups excluding carboxylic acids is 1. The number of aryl methyl sites for hydroxylation is 1. The van der Waals surface area contributed by atoms with Crippen LogP contribution in [0.25, 0.3) is 0 Å². The molecule has 0 saturated heterocycles. The minimum atomic E-state index is -0.113. The van der Waals surface area contributed by atoms with Crippen molar-refractivity contribution < 1.29 is 4.79 Å². The topological polar surface area (TPSA) is 29.1 Å². The Labute approximate surface area is 168 Å². The van der Waals surface area contributed by atoms with Crippen LogP contribution in [-0.4, -0.2) is 23.5 Å². The first kappa shape index (κ1) is 20.5. The van der Waals surface area contributed by atoms with Gasteiger partial charge in [-0.05, 0) is 43.7 Å². The molecule has 0 heterocycles. The second kappa shape index (κ2) is 10.4. The molecule has 0 fully saturated rings. The first-order chi connectivity index (χ1) is 12.0. The van der Waals surface area contributed by atoms with Crippen molar-refractivity contribution in [1.29, 1.82) is 0 Å². The molecule has 2 aromatic carbocycles. The first-order valence-electron chi connectivity index (χ1n) is 7.98. The van der Waals surface area contributed by atoms with E-state index in [0.29, 0.717) is 16.6 Å². The molecule has 1 atom stereocenters. The van der Waals surface area contributed by atoms with Gasteiger partial charge in [-0.1, -0.05) is 47.0 Å². The third-order valence-electron chi connectivity index (χ3n) is 3.52. The van der Waals surface area contributed by atoms with Crippen LogP contribution in [0.3, 0.4) is 0 Å². The number of rotatable bonds is 8. The molecule has 6 heteroatoms. The van der Waals surface area contributed by atoms with Gasteiger partial charge in [-0.25, -0.2) is 0 Å². The molecule has 134 valence electrons. The summed E-state index contributed by atoms with van der Waals surface area (Å²) in [5, 5.41) is 4.21. The Morgan fingerprint density at radius 3 is 2.56 bits per heavy atom. The van der Waals surface area contributed by atoms with Crippen molar-refractivity contribution in [3.05, 3.63) is 63.6 Å². The van der Waals surface area contributed by atoms with Gasteiger partial charge < -0.3 is 5.32 Å². The van der Waals surface area contributed by atoms with Crippen LogP contribution in [0.2, 0.25) is 10.0 Å². The minimum Gasteiger partial charge on any atom is -0.354 e. The van der Waals surface area contributed by atoms with Crippen LogP contribution in [0.15, 0.2) is 47.4 Å². The summed E-state index contributed by atoms with van der Waals surface area (Å²) in [6.07, 6.45) is 0. The lowest BCUT2D eigenvalue weighted by atomic mass is 10.2. The van der Waals surface area contributed by atoms with Gasteiger partial charge in [-0.3, -0.25) is 4.79 Å². The first-order valence-corrected chi connectivity index (χ1v) is 10.8. The number of halogens is 2. The van der Waals surface area contributed by atoms with Gasteiger partial charge in [0.05, 0.1) is 5.25 Å². The van der Waals surface area contributed by atoms with Crippen LogP contribution in [0.5, 0.6) is 0 Å². The molecule has 2 rings (SSSR count). The number of carbonyl (C=O) groups is 1. The summed E-state index contributed by atoms with van der Waals surface area (Å²) in [6.45, 7) is 4.63. The maximum absolute atomic E-state index is 12.2. The zero-order chi connectivity index (χ0) is 18.2. The molecule has 0 aliphatic rings. The number of benzene rings is 2. The van der Waals surface area contributed by atoms with E-state index >= 15 is 0 Å². The molecule has 0 spiro atoms. The van der Waals surface area contributed by atoms with Crippen molar-refractivity contribution >= 4 is 52.6 Å². The Bertz CT molecular complexity index is 707. The van der Waals surface area contributed by atoms with E-state index in [0.717, 1.165) is 22.0 Å². The molecule has 0 bridgehead atoms. The quantitative estimate of drug-likeness (QED) is 0.435. The van der Waals surface area contributed by atoms with E-state index in [1.165, 1.54) is 5.56 Å². The highest BCUT2D eigenvalue weighted by atomic mass is 35.5. The molecule has 1 N–H and O–H groups in total. The van der Waals surface area contributed by atoms with E-state index in [-0.39, 0.29) is 11.2 Å². The third-order valence-corrected chi connectivity index (χ3v) is 6.23. The van der Waals surface area contributed by atoms with Crippen LogP contribution in [0.1, 0.15) is 18.1 Å². The van der Waals surface area contributed by atoms with Crippen LogP contribution < -0.4 is 5.32 Å². The zero-order valence-corrected chi connectivity index (χ0v) is 17.4. The van der Waals surface area contributed by atoms with E-state index in [2.05, 4.69) is 36.5 Å². The van der Waals surface area contributed by atoms with Gasteiger partial charge in [0.25, 0.3) is 0 Å². The number of hydrogen-bond donors (Lipinski definition) is 1. The van der Waals surface area contributed by atoms with Crippen molar-refractivity contribution in [2.45, 2.75) is 29.7 Å². The zero-order valence-electron chi connectivity index (χ0n) is 14.2. The number of amides is 1. The Morgan fingerprint density at radius 1 is 1.16 bits per heavy atom. The van der Waals surface area contributed by atoms with Crippen LogP contribution in [0, 0.1) is 6.92 Å². The fourth-order valence-corrected chi connectivity index (χ4v) is 4.39. The summed E-state index contributed by atoms with van der Waals surface area (Å²) in [4.78, 5) is 13.3. The van der Waals surface area contributed by atoms with Gasteiger partial charge in [0, 0.05) is 33.0 Å². The predicted octanol–water partition coefficient (Wildman–Crippen LogP) is 5.83. The normalized spacial score (nSPS) is 12.0. The molecule has 0 aliphatic carbocycles. The summed E-state index contributed by atoms with van der Waals surface area (Å²) in [6, 6.07) is 13.8. The molecule has 2 aromatic rings. The van der Waals surface area contributed by atoms with Crippen molar-refractivity contribution in [2.75, 3.05) is 12.3 Å². The average molecular weight is 414 g/mol. The van der Waals surface area contributed by atoms with Gasteiger partial charge in [0.2, 0.25) is 5.91 Å². The maximum Gasteiger partial charge on any atom is 0.233 e. The lowest BCUT2D eigenvalue weighted by Crippen LogP contribution is -2.32. The fraction of sp³-hybridized carbons (Fsp3) is 0.316. The summed E-state index contributed by atoms with van der Waals surface area (Å²) >= 11 is 15.4. The predicted molar refractivity (Wildman–Crippen MR) is 112 cm³/mol. The van der Waals surface area contributed by atoms with Gasteiger partial charge in [0.1, 0.15) is 0 Å². The van der Waals surface area contributed by atoms with E-state index in [9.17, 15) is 4.79 Å². The molecule has 0 aliphatic heterocycles. The molecule has 1 amide bonds. The van der Waals surface area contributed by atoms with E-state index < -0.39 is 0 Å². The maximum atomic E-state index is 12.2. The van der Waals surface area contributed by atoms with Gasteiger partial charge in [-0.2, -0.15) is 11.8 Å². The van der Waals surface area contributed by atoms with Crippen LogP contribution in [0.4, 0.5) is 0 Å². The Hall–Kier alpha value is -0.810. The summed E-state index contributed by atoms with van der Waals surface area (Å²) in [7, 11) is 0. The minimum absolute atomic E-state index is 0.0655. The summed E-state index contributed by atoms with van der Waals surface area (Å²) in [5.41, 5.74) is 2.28.